The first-order valence-electron chi connectivity index (χ1n) is 8.00. The van der Waals surface area contributed by atoms with Gasteiger partial charge >= 0.3 is 0 Å². The molecule has 0 spiro atoms. The molecule has 0 bridgehead atoms. The lowest BCUT2D eigenvalue weighted by Gasteiger charge is -2.09. The number of nitrogens with zero attached hydrogens (tertiary/aromatic N) is 2. The number of aromatic amines is 1. The molecular formula is C19H20N4O2. The van der Waals surface area contributed by atoms with Gasteiger partial charge in [-0.1, -0.05) is 42.0 Å². The molecule has 6 nitrogen and oxygen atoms in total. The highest BCUT2D eigenvalue weighted by Gasteiger charge is 2.10. The van der Waals surface area contributed by atoms with Crippen molar-refractivity contribution in [3.05, 3.63) is 59.2 Å². The van der Waals surface area contributed by atoms with Crippen molar-refractivity contribution in [2.75, 3.05) is 11.9 Å². The first-order chi connectivity index (χ1) is 12.0. The largest absolute Gasteiger partial charge is 0.483 e. The van der Waals surface area contributed by atoms with Crippen LogP contribution in [-0.4, -0.2) is 27.7 Å². The maximum Gasteiger partial charge on any atom is 0.264 e. The zero-order valence-corrected chi connectivity index (χ0v) is 14.5. The number of hydrogen-bond donors (Lipinski definition) is 2. The topological polar surface area (TPSA) is 79.9 Å². The number of amides is 1. The van der Waals surface area contributed by atoms with Gasteiger partial charge in [-0.05, 0) is 38.0 Å². The molecule has 0 unspecified atom stereocenters. The van der Waals surface area contributed by atoms with Gasteiger partial charge in [-0.3, -0.25) is 15.2 Å². The Morgan fingerprint density at radius 2 is 1.80 bits per heavy atom. The fraction of sp³-hybridized carbons (Fsp3) is 0.211. The van der Waals surface area contributed by atoms with Crippen molar-refractivity contribution in [2.24, 2.45) is 0 Å². The van der Waals surface area contributed by atoms with Gasteiger partial charge in [0.25, 0.3) is 5.91 Å². The summed E-state index contributed by atoms with van der Waals surface area (Å²) in [6.07, 6.45) is 0. The van der Waals surface area contributed by atoms with Gasteiger partial charge in [0.2, 0.25) is 5.95 Å². The molecule has 0 saturated carbocycles. The van der Waals surface area contributed by atoms with Crippen LogP contribution in [0.25, 0.3) is 11.4 Å². The molecule has 3 rings (SSSR count). The molecule has 128 valence electrons. The third-order valence-corrected chi connectivity index (χ3v) is 3.76. The van der Waals surface area contributed by atoms with E-state index in [-0.39, 0.29) is 18.5 Å². The molecule has 2 aromatic carbocycles. The van der Waals surface area contributed by atoms with Crippen LogP contribution >= 0.6 is 0 Å². The lowest BCUT2D eigenvalue weighted by Crippen LogP contribution is -2.21. The average molecular weight is 336 g/mol. The number of H-pyrrole nitrogens is 1. The highest BCUT2D eigenvalue weighted by molar-refractivity contribution is 5.90. The van der Waals surface area contributed by atoms with E-state index in [2.05, 4.69) is 20.5 Å². The Hall–Kier alpha value is -3.15. The molecule has 1 amide bonds. The molecule has 0 atom stereocenters. The van der Waals surface area contributed by atoms with Crippen LogP contribution in [0.3, 0.4) is 0 Å². The maximum atomic E-state index is 12.0. The number of aromatic nitrogens is 3. The minimum absolute atomic E-state index is 0.0985. The Bertz CT molecular complexity index is 885. The van der Waals surface area contributed by atoms with Gasteiger partial charge in [-0.15, -0.1) is 5.10 Å². The molecule has 0 aliphatic heterocycles. The van der Waals surface area contributed by atoms with E-state index in [1.165, 1.54) is 5.56 Å². The molecule has 0 fully saturated rings. The van der Waals surface area contributed by atoms with Gasteiger partial charge in [-0.25, -0.2) is 0 Å². The summed E-state index contributed by atoms with van der Waals surface area (Å²) >= 11 is 0. The molecule has 0 aliphatic rings. The average Bonchev–Trinajstić information content (AvgIpc) is 3.05. The van der Waals surface area contributed by atoms with Crippen LogP contribution in [-0.2, 0) is 4.79 Å². The molecule has 1 aromatic heterocycles. The van der Waals surface area contributed by atoms with Crippen molar-refractivity contribution in [1.29, 1.82) is 0 Å². The van der Waals surface area contributed by atoms with E-state index in [0.717, 1.165) is 16.7 Å². The number of aryl methyl sites for hydroxylation is 3. The van der Waals surface area contributed by atoms with Crippen LogP contribution in [0.15, 0.2) is 42.5 Å². The third kappa shape index (κ3) is 4.23. The zero-order valence-electron chi connectivity index (χ0n) is 14.5. The lowest BCUT2D eigenvalue weighted by atomic mass is 10.1. The second-order valence-corrected chi connectivity index (χ2v) is 5.98. The Morgan fingerprint density at radius 1 is 1.08 bits per heavy atom. The smallest absolute Gasteiger partial charge is 0.264 e. The number of nitrogens with one attached hydrogen (secondary N) is 2. The summed E-state index contributed by atoms with van der Waals surface area (Å²) in [6, 6.07) is 13.8. The van der Waals surface area contributed by atoms with Gasteiger partial charge in [0.15, 0.2) is 12.4 Å². The number of rotatable bonds is 5. The molecule has 2 N–H and O–H groups in total. The van der Waals surface area contributed by atoms with Crippen LogP contribution in [0.1, 0.15) is 16.7 Å². The molecule has 0 saturated heterocycles. The summed E-state index contributed by atoms with van der Waals surface area (Å²) < 4.78 is 5.58. The first kappa shape index (κ1) is 16.7. The Morgan fingerprint density at radius 3 is 2.56 bits per heavy atom. The number of benzene rings is 2. The number of anilines is 1. The zero-order chi connectivity index (χ0) is 17.8. The van der Waals surface area contributed by atoms with Crippen molar-refractivity contribution in [3.8, 4) is 17.1 Å². The van der Waals surface area contributed by atoms with E-state index >= 15 is 0 Å². The van der Waals surface area contributed by atoms with Crippen molar-refractivity contribution in [2.45, 2.75) is 20.8 Å². The normalized spacial score (nSPS) is 10.5. The van der Waals surface area contributed by atoms with Gasteiger partial charge in [-0.2, -0.15) is 4.98 Å². The van der Waals surface area contributed by atoms with Crippen molar-refractivity contribution in [3.63, 3.8) is 0 Å². The van der Waals surface area contributed by atoms with Crippen LogP contribution in [0.4, 0.5) is 5.95 Å². The van der Waals surface area contributed by atoms with Gasteiger partial charge in [0.1, 0.15) is 5.75 Å². The second kappa shape index (κ2) is 7.17. The summed E-state index contributed by atoms with van der Waals surface area (Å²) in [6.45, 7) is 5.84. The molecule has 6 heteroatoms. The molecule has 1 heterocycles. The fourth-order valence-electron chi connectivity index (χ4n) is 2.33. The lowest BCUT2D eigenvalue weighted by molar-refractivity contribution is -0.118. The predicted molar refractivity (Wildman–Crippen MR) is 96.6 cm³/mol. The summed E-state index contributed by atoms with van der Waals surface area (Å²) in [7, 11) is 0. The fourth-order valence-corrected chi connectivity index (χ4v) is 2.33. The third-order valence-electron chi connectivity index (χ3n) is 3.76. The number of ether oxygens (including phenoxy) is 1. The number of hydrogen-bond acceptors (Lipinski definition) is 4. The molecule has 3 aromatic rings. The van der Waals surface area contributed by atoms with E-state index in [1.54, 1.807) is 0 Å². The molecule has 0 aliphatic carbocycles. The Labute approximate surface area is 146 Å². The summed E-state index contributed by atoms with van der Waals surface area (Å²) in [5.41, 5.74) is 4.14. The Kier molecular flexibility index (Phi) is 4.79. The van der Waals surface area contributed by atoms with E-state index in [4.69, 9.17) is 4.74 Å². The summed E-state index contributed by atoms with van der Waals surface area (Å²) in [5.74, 6) is 1.22. The quantitative estimate of drug-likeness (QED) is 0.748. The van der Waals surface area contributed by atoms with E-state index in [0.29, 0.717) is 11.6 Å². The minimum Gasteiger partial charge on any atom is -0.483 e. The second-order valence-electron chi connectivity index (χ2n) is 5.98. The van der Waals surface area contributed by atoms with Gasteiger partial charge in [0, 0.05) is 5.56 Å². The maximum absolute atomic E-state index is 12.0. The molecule has 25 heavy (non-hydrogen) atoms. The SMILES string of the molecule is Cc1ccc(-c2nc(NC(=O)COc3cc(C)ccc3C)n[nH]2)cc1. The van der Waals surface area contributed by atoms with E-state index in [1.807, 2.05) is 63.2 Å². The minimum atomic E-state index is -0.310. The van der Waals surface area contributed by atoms with E-state index in [9.17, 15) is 4.79 Å². The Balaban J connectivity index is 1.60. The van der Waals surface area contributed by atoms with Crippen LogP contribution in [0.5, 0.6) is 5.75 Å². The van der Waals surface area contributed by atoms with Crippen LogP contribution in [0.2, 0.25) is 0 Å². The monoisotopic (exact) mass is 336 g/mol. The van der Waals surface area contributed by atoms with Crippen molar-refractivity contribution < 1.29 is 9.53 Å². The highest BCUT2D eigenvalue weighted by atomic mass is 16.5. The van der Waals surface area contributed by atoms with Crippen LogP contribution < -0.4 is 10.1 Å². The standard InChI is InChI=1S/C19H20N4O2/c1-12-5-8-15(9-6-12)18-21-19(23-22-18)20-17(24)11-25-16-10-13(2)4-7-14(16)3/h4-10H,11H2,1-3H3,(H2,20,21,22,23,24). The van der Waals surface area contributed by atoms with Gasteiger partial charge < -0.3 is 4.74 Å². The van der Waals surface area contributed by atoms with Crippen molar-refractivity contribution >= 4 is 11.9 Å². The number of carbonyl (C=O) groups is 1. The van der Waals surface area contributed by atoms with Gasteiger partial charge in [0.05, 0.1) is 0 Å². The van der Waals surface area contributed by atoms with E-state index < -0.39 is 0 Å². The van der Waals surface area contributed by atoms with Crippen LogP contribution in [0, 0.1) is 20.8 Å². The summed E-state index contributed by atoms with van der Waals surface area (Å²) in [5, 5.41) is 9.47. The predicted octanol–water partition coefficient (Wildman–Crippen LogP) is 3.41. The molecule has 0 radical (unpaired) electrons. The highest BCUT2D eigenvalue weighted by Crippen LogP contribution is 2.19. The number of carbonyl (C=O) groups excluding carboxylic acids is 1. The van der Waals surface area contributed by atoms with Crippen molar-refractivity contribution in [1.82, 2.24) is 15.2 Å². The first-order valence-corrected chi connectivity index (χ1v) is 8.00. The summed E-state index contributed by atoms with van der Waals surface area (Å²) in [4.78, 5) is 16.3. The molecular weight excluding hydrogens is 316 g/mol.